The fourth-order valence-corrected chi connectivity index (χ4v) is 5.59. The number of esters is 2. The molecule has 1 aromatic rings. The van der Waals surface area contributed by atoms with E-state index in [1.54, 1.807) is 0 Å². The minimum absolute atomic E-state index is 0.123. The highest BCUT2D eigenvalue weighted by Gasteiger charge is 2.50. The van der Waals surface area contributed by atoms with Crippen LogP contribution in [-0.4, -0.2) is 60.9 Å². The Morgan fingerprint density at radius 1 is 1.03 bits per heavy atom. The van der Waals surface area contributed by atoms with Gasteiger partial charge in [-0.3, -0.25) is 0 Å². The van der Waals surface area contributed by atoms with Crippen LogP contribution in [0.15, 0.2) is 30.3 Å². The van der Waals surface area contributed by atoms with Crippen LogP contribution in [0.5, 0.6) is 0 Å². The van der Waals surface area contributed by atoms with Gasteiger partial charge in [-0.25, -0.2) is 9.59 Å². The van der Waals surface area contributed by atoms with Crippen LogP contribution in [0.1, 0.15) is 83.1 Å². The number of aliphatic hydroxyl groups is 1. The smallest absolute Gasteiger partial charge is 0.361 e. The third-order valence-corrected chi connectivity index (χ3v) is 7.65. The van der Waals surface area contributed by atoms with Crippen LogP contribution < -0.4 is 0 Å². The van der Waals surface area contributed by atoms with Crippen molar-refractivity contribution >= 4 is 11.9 Å². The van der Waals surface area contributed by atoms with Crippen LogP contribution in [0.4, 0.5) is 0 Å². The molecule has 0 amide bonds. The molecule has 6 heteroatoms. The van der Waals surface area contributed by atoms with Crippen molar-refractivity contribution in [2.24, 2.45) is 5.92 Å². The summed E-state index contributed by atoms with van der Waals surface area (Å²) in [7, 11) is 2.01. The average molecular weight is 475 g/mol. The lowest BCUT2D eigenvalue weighted by atomic mass is 9.80. The highest BCUT2D eigenvalue weighted by molar-refractivity contribution is 5.81. The first-order valence-electron chi connectivity index (χ1n) is 13.4. The second-order valence-corrected chi connectivity index (χ2v) is 10.6. The molecule has 0 bridgehead atoms. The van der Waals surface area contributed by atoms with E-state index in [2.05, 4.69) is 6.92 Å². The number of hydrogen-bond acceptors (Lipinski definition) is 5. The fourth-order valence-electron chi connectivity index (χ4n) is 5.59. The van der Waals surface area contributed by atoms with E-state index in [9.17, 15) is 14.7 Å². The maximum absolute atomic E-state index is 13.3. The van der Waals surface area contributed by atoms with Gasteiger partial charge in [0.15, 0.2) is 18.2 Å². The minimum atomic E-state index is -1.61. The largest absolute Gasteiger partial charge is 0.462 e. The number of likely N-dealkylation sites (N-methyl/N-ethyl adjacent to an activating group) is 1. The van der Waals surface area contributed by atoms with Gasteiger partial charge in [0.1, 0.15) is 6.54 Å². The summed E-state index contributed by atoms with van der Waals surface area (Å²) in [4.78, 5) is 25.7. The number of nitrogens with zero attached hydrogens (tertiary/aromatic N) is 1. The fraction of sp³-hybridized carbons (Fsp3) is 0.714. The summed E-state index contributed by atoms with van der Waals surface area (Å²) in [5.41, 5.74) is -1.000. The van der Waals surface area contributed by atoms with Crippen LogP contribution in [0.3, 0.4) is 0 Å². The van der Waals surface area contributed by atoms with E-state index < -0.39 is 11.6 Å². The second-order valence-electron chi connectivity index (χ2n) is 10.6. The predicted octanol–water partition coefficient (Wildman–Crippen LogP) is 4.73. The van der Waals surface area contributed by atoms with Gasteiger partial charge < -0.3 is 19.1 Å². The van der Waals surface area contributed by atoms with Gasteiger partial charge in [-0.1, -0.05) is 82.2 Å². The molecule has 2 fully saturated rings. The monoisotopic (exact) mass is 474 g/mol. The van der Waals surface area contributed by atoms with Crippen molar-refractivity contribution in [1.82, 2.24) is 0 Å². The maximum Gasteiger partial charge on any atom is 0.361 e. The lowest BCUT2D eigenvalue weighted by Gasteiger charge is -2.33. The Labute approximate surface area is 205 Å². The first-order chi connectivity index (χ1) is 16.4. The molecule has 0 radical (unpaired) electrons. The van der Waals surface area contributed by atoms with Crippen molar-refractivity contribution in [2.75, 3.05) is 33.3 Å². The second kappa shape index (κ2) is 12.7. The van der Waals surface area contributed by atoms with Crippen molar-refractivity contribution in [2.45, 2.75) is 89.3 Å². The third-order valence-electron chi connectivity index (χ3n) is 7.65. The molecule has 2 aliphatic rings. The maximum atomic E-state index is 13.3. The van der Waals surface area contributed by atoms with Crippen molar-refractivity contribution < 1.29 is 28.7 Å². The Bertz CT molecular complexity index is 778. The molecule has 1 N–H and O–H groups in total. The number of carbonyl (C=O) groups excluding carboxylic acids is 2. The average Bonchev–Trinajstić information content (AvgIpc) is 3.49. The summed E-state index contributed by atoms with van der Waals surface area (Å²) in [5, 5.41) is 11.6. The summed E-state index contributed by atoms with van der Waals surface area (Å²) in [6.07, 6.45) is 11.0. The normalized spacial score (nSPS) is 24.6. The molecule has 34 heavy (non-hydrogen) atoms. The van der Waals surface area contributed by atoms with E-state index in [0.29, 0.717) is 29.6 Å². The van der Waals surface area contributed by atoms with Crippen molar-refractivity contribution in [1.29, 1.82) is 0 Å². The van der Waals surface area contributed by atoms with Gasteiger partial charge in [0.25, 0.3) is 0 Å². The molecule has 1 aliphatic carbocycles. The Balaban J connectivity index is 1.49. The van der Waals surface area contributed by atoms with Gasteiger partial charge in [0.2, 0.25) is 0 Å². The Morgan fingerprint density at radius 2 is 1.71 bits per heavy atom. The quantitative estimate of drug-likeness (QED) is 0.254. The first-order valence-corrected chi connectivity index (χ1v) is 13.4. The van der Waals surface area contributed by atoms with Crippen LogP contribution >= 0.6 is 0 Å². The van der Waals surface area contributed by atoms with E-state index in [-0.39, 0.29) is 24.5 Å². The highest BCUT2D eigenvalue weighted by Crippen LogP contribution is 2.42. The minimum Gasteiger partial charge on any atom is -0.462 e. The topological polar surface area (TPSA) is 72.8 Å². The molecule has 1 aromatic carbocycles. The third kappa shape index (κ3) is 7.05. The molecular weight excluding hydrogens is 430 g/mol. The molecule has 1 saturated heterocycles. The number of benzene rings is 1. The molecule has 3 atom stereocenters. The number of unbranched alkanes of at least 4 members (excludes halogenated alkanes) is 5. The Morgan fingerprint density at radius 3 is 2.41 bits per heavy atom. The van der Waals surface area contributed by atoms with Gasteiger partial charge in [0.05, 0.1) is 20.2 Å². The molecule has 1 heterocycles. The zero-order chi connectivity index (χ0) is 24.4. The van der Waals surface area contributed by atoms with E-state index in [0.717, 1.165) is 45.1 Å². The van der Waals surface area contributed by atoms with Crippen LogP contribution in [-0.2, 0) is 24.7 Å². The number of likely N-dealkylation sites (tertiary alicyclic amines) is 1. The van der Waals surface area contributed by atoms with Crippen molar-refractivity contribution in [3.8, 4) is 0 Å². The molecule has 6 nitrogen and oxygen atoms in total. The summed E-state index contributed by atoms with van der Waals surface area (Å²) >= 11 is 0. The van der Waals surface area contributed by atoms with Crippen molar-refractivity contribution in [3.63, 3.8) is 0 Å². The number of hydrogen-bond donors (Lipinski definition) is 1. The van der Waals surface area contributed by atoms with Gasteiger partial charge in [0, 0.05) is 12.3 Å². The number of rotatable bonds is 13. The first kappa shape index (κ1) is 26.7. The highest BCUT2D eigenvalue weighted by atomic mass is 16.6. The van der Waals surface area contributed by atoms with Gasteiger partial charge in [-0.15, -0.1) is 0 Å². The zero-order valence-corrected chi connectivity index (χ0v) is 21.2. The molecule has 1 saturated carbocycles. The summed E-state index contributed by atoms with van der Waals surface area (Å²) < 4.78 is 11.9. The van der Waals surface area contributed by atoms with Crippen LogP contribution in [0, 0.1) is 5.92 Å². The van der Waals surface area contributed by atoms with Crippen LogP contribution in [0.2, 0.25) is 0 Å². The molecule has 0 unspecified atom stereocenters. The van der Waals surface area contributed by atoms with E-state index in [4.69, 9.17) is 9.47 Å². The Hall–Kier alpha value is -1.92. The molecule has 0 aromatic heterocycles. The van der Waals surface area contributed by atoms with E-state index in [1.807, 2.05) is 37.4 Å². The summed E-state index contributed by atoms with van der Waals surface area (Å²) in [6, 6.07) is 9.21. The molecule has 3 rings (SSSR count). The van der Waals surface area contributed by atoms with E-state index >= 15 is 0 Å². The van der Waals surface area contributed by atoms with E-state index in [1.165, 1.54) is 25.7 Å². The zero-order valence-electron chi connectivity index (χ0n) is 21.2. The lowest BCUT2D eigenvalue weighted by molar-refractivity contribution is -0.891. The molecular formula is C28H44NO5+. The Kier molecular flexibility index (Phi) is 9.96. The SMILES string of the molecule is CCCCCCCCOC(=O)C[N@+]1(C)CC[C@@H](OC(=O)[C@](O)(c2ccccc2)C2CCCC2)C1. The van der Waals surface area contributed by atoms with Gasteiger partial charge >= 0.3 is 11.9 Å². The molecule has 0 spiro atoms. The lowest BCUT2D eigenvalue weighted by Crippen LogP contribution is -2.48. The predicted molar refractivity (Wildman–Crippen MR) is 132 cm³/mol. The number of ether oxygens (including phenoxy) is 2. The van der Waals surface area contributed by atoms with Crippen LogP contribution in [0.25, 0.3) is 0 Å². The molecule has 1 aliphatic heterocycles. The number of quaternary nitrogens is 1. The van der Waals surface area contributed by atoms with Gasteiger partial charge in [-0.2, -0.15) is 0 Å². The number of carbonyl (C=O) groups is 2. The van der Waals surface area contributed by atoms with Gasteiger partial charge in [-0.05, 0) is 24.8 Å². The molecule has 190 valence electrons. The van der Waals surface area contributed by atoms with Crippen molar-refractivity contribution in [3.05, 3.63) is 35.9 Å². The summed E-state index contributed by atoms with van der Waals surface area (Å²) in [6.45, 7) is 4.28. The summed E-state index contributed by atoms with van der Waals surface area (Å²) in [5.74, 6) is -0.855. The standard InChI is InChI=1S/C28H44NO5/c1-3-4-5-6-7-13-20-33-26(30)22-29(2)19-18-25(21-29)34-27(31)28(32,24-16-11-12-17-24)23-14-9-8-10-15-23/h8-10,14-15,24-25,32H,3-7,11-13,16-22H2,1-2H3/q+1/t25-,28+,29-/m1/s1.